The average molecular weight is 362 g/mol. The van der Waals surface area contributed by atoms with Crippen molar-refractivity contribution in [3.63, 3.8) is 0 Å². The van der Waals surface area contributed by atoms with E-state index >= 15 is 0 Å². The molecule has 0 aromatic heterocycles. The van der Waals surface area contributed by atoms with Crippen molar-refractivity contribution >= 4 is 5.97 Å². The minimum absolute atomic E-state index is 0.0309. The van der Waals surface area contributed by atoms with Crippen LogP contribution in [0.1, 0.15) is 65.2 Å². The number of piperidine rings is 1. The number of likely N-dealkylation sites (N-methyl/N-ethyl adjacent to an activating group) is 1. The molecule has 0 spiro atoms. The summed E-state index contributed by atoms with van der Waals surface area (Å²) in [6, 6.07) is 1.10. The first-order valence-electron chi connectivity index (χ1n) is 10.7. The van der Waals surface area contributed by atoms with E-state index in [-0.39, 0.29) is 35.7 Å². The molecule has 4 heteroatoms. The predicted molar refractivity (Wildman–Crippen MR) is 102 cm³/mol. The molecule has 1 N–H and O–H groups in total. The number of carbonyl (C=O) groups is 1. The average Bonchev–Trinajstić information content (AvgIpc) is 2.88. The van der Waals surface area contributed by atoms with Crippen LogP contribution in [-0.4, -0.2) is 46.8 Å². The summed E-state index contributed by atoms with van der Waals surface area (Å²) in [6.45, 7) is 4.35. The molecule has 0 radical (unpaired) electrons. The molecule has 26 heavy (non-hydrogen) atoms. The third kappa shape index (κ3) is 3.03. The molecule has 4 nitrogen and oxygen atoms in total. The Morgan fingerprint density at radius 2 is 1.96 bits per heavy atom. The molecule has 2 saturated carbocycles. The molecule has 2 heterocycles. The number of carbonyl (C=O) groups excluding carboxylic acids is 1. The molecule has 2 saturated heterocycles. The molecule has 2 aliphatic carbocycles. The Bertz CT molecular complexity index is 576. The molecule has 2 aliphatic heterocycles. The number of esters is 1. The van der Waals surface area contributed by atoms with Gasteiger partial charge in [0.15, 0.2) is 0 Å². The summed E-state index contributed by atoms with van der Waals surface area (Å²) < 4.78 is 5.63. The van der Waals surface area contributed by atoms with E-state index < -0.39 is 5.60 Å². The van der Waals surface area contributed by atoms with Crippen LogP contribution in [0.3, 0.4) is 0 Å². The van der Waals surface area contributed by atoms with E-state index in [9.17, 15) is 9.90 Å². The van der Waals surface area contributed by atoms with Crippen LogP contribution in [0.2, 0.25) is 0 Å². The first-order valence-corrected chi connectivity index (χ1v) is 10.7. The highest BCUT2D eigenvalue weighted by molar-refractivity contribution is 5.75. The van der Waals surface area contributed by atoms with Crippen LogP contribution in [-0.2, 0) is 9.53 Å². The van der Waals surface area contributed by atoms with Crippen LogP contribution in [0.15, 0.2) is 12.2 Å². The minimum Gasteiger partial charge on any atom is -0.462 e. The summed E-state index contributed by atoms with van der Waals surface area (Å²) in [6.07, 6.45) is 13.3. The Kier molecular flexibility index (Phi) is 4.94. The lowest BCUT2D eigenvalue weighted by molar-refractivity contribution is -0.150. The Hall–Kier alpha value is -0.870. The van der Waals surface area contributed by atoms with E-state index in [4.69, 9.17) is 4.74 Å². The maximum Gasteiger partial charge on any atom is 0.309 e. The van der Waals surface area contributed by atoms with Gasteiger partial charge in [-0.1, -0.05) is 31.4 Å². The molecular weight excluding hydrogens is 326 g/mol. The zero-order valence-electron chi connectivity index (χ0n) is 16.6. The monoisotopic (exact) mass is 361 g/mol. The third-order valence-electron chi connectivity index (χ3n) is 8.05. The Morgan fingerprint density at radius 3 is 2.77 bits per heavy atom. The smallest absolute Gasteiger partial charge is 0.309 e. The highest BCUT2D eigenvalue weighted by Gasteiger charge is 2.59. The number of nitrogens with zero attached hydrogens (tertiary/aromatic N) is 1. The van der Waals surface area contributed by atoms with Crippen molar-refractivity contribution in [2.45, 2.75) is 89.0 Å². The van der Waals surface area contributed by atoms with Crippen molar-refractivity contribution < 1.29 is 14.6 Å². The molecule has 0 aromatic rings. The topological polar surface area (TPSA) is 49.8 Å². The van der Waals surface area contributed by atoms with E-state index in [0.717, 1.165) is 19.3 Å². The van der Waals surface area contributed by atoms with Gasteiger partial charge in [-0.25, -0.2) is 0 Å². The fourth-order valence-corrected chi connectivity index (χ4v) is 6.44. The molecule has 146 valence electrons. The zero-order chi connectivity index (χ0) is 18.5. The summed E-state index contributed by atoms with van der Waals surface area (Å²) in [5, 5.41) is 11.4. The van der Waals surface area contributed by atoms with Crippen molar-refractivity contribution in [2.75, 3.05) is 7.05 Å². The second kappa shape index (κ2) is 6.94. The fraction of sp³-hybridized carbons (Fsp3) is 0.864. The van der Waals surface area contributed by atoms with Gasteiger partial charge >= 0.3 is 5.97 Å². The zero-order valence-corrected chi connectivity index (χ0v) is 16.6. The summed E-state index contributed by atoms with van der Waals surface area (Å²) in [7, 11) is 2.23. The molecule has 4 rings (SSSR count). The number of cyclic esters (lactones) is 1. The van der Waals surface area contributed by atoms with Crippen LogP contribution in [0.25, 0.3) is 0 Å². The van der Waals surface area contributed by atoms with E-state index in [1.807, 2.05) is 6.92 Å². The van der Waals surface area contributed by atoms with Gasteiger partial charge in [0.1, 0.15) is 6.10 Å². The standard InChI is InChI=1S/C22H35NO3/c1-14-7-6-8-16(23(14)3)10-11-17-19-9-4-5-12-22(19,25)13-18-20(17)15(2)26-21(18)24/h10-11,14-20,25H,4-9,12-13H2,1-3H3/b11-10+/t14-,15-,16+,17+,18-,19+,20+,22-/m0/s1. The van der Waals surface area contributed by atoms with Gasteiger partial charge in [0.05, 0.1) is 11.5 Å². The summed E-state index contributed by atoms with van der Waals surface area (Å²) in [5.41, 5.74) is -0.677. The minimum atomic E-state index is -0.677. The Morgan fingerprint density at radius 1 is 1.15 bits per heavy atom. The number of allylic oxidation sites excluding steroid dienone is 1. The van der Waals surface area contributed by atoms with E-state index in [0.29, 0.717) is 18.5 Å². The largest absolute Gasteiger partial charge is 0.462 e. The van der Waals surface area contributed by atoms with Crippen LogP contribution in [0.5, 0.6) is 0 Å². The first kappa shape index (κ1) is 18.5. The second-order valence-corrected chi connectivity index (χ2v) is 9.46. The van der Waals surface area contributed by atoms with Crippen molar-refractivity contribution in [1.29, 1.82) is 0 Å². The van der Waals surface area contributed by atoms with Gasteiger partial charge in [-0.3, -0.25) is 9.69 Å². The van der Waals surface area contributed by atoms with E-state index in [2.05, 4.69) is 31.0 Å². The van der Waals surface area contributed by atoms with E-state index in [1.165, 1.54) is 25.7 Å². The van der Waals surface area contributed by atoms with Gasteiger partial charge < -0.3 is 9.84 Å². The number of aliphatic hydroxyl groups is 1. The summed E-state index contributed by atoms with van der Waals surface area (Å²) >= 11 is 0. The van der Waals surface area contributed by atoms with Gasteiger partial charge in [0.2, 0.25) is 0 Å². The normalized spacial score (nSPS) is 49.7. The van der Waals surface area contributed by atoms with Crippen LogP contribution in [0.4, 0.5) is 0 Å². The van der Waals surface area contributed by atoms with Crippen LogP contribution in [0, 0.1) is 23.7 Å². The second-order valence-electron chi connectivity index (χ2n) is 9.46. The number of likely N-dealkylation sites (tertiary alicyclic amines) is 1. The lowest BCUT2D eigenvalue weighted by atomic mass is 9.55. The predicted octanol–water partition coefficient (Wildman–Crippen LogP) is 3.53. The molecule has 0 amide bonds. The Labute approximate surface area is 158 Å². The van der Waals surface area contributed by atoms with Gasteiger partial charge in [0, 0.05) is 18.0 Å². The molecule has 4 aliphatic rings. The van der Waals surface area contributed by atoms with Crippen LogP contribution >= 0.6 is 0 Å². The first-order chi connectivity index (χ1) is 12.4. The number of rotatable bonds is 2. The fourth-order valence-electron chi connectivity index (χ4n) is 6.44. The Balaban J connectivity index is 1.62. The van der Waals surface area contributed by atoms with Crippen molar-refractivity contribution in [2.24, 2.45) is 23.7 Å². The molecule has 8 atom stereocenters. The van der Waals surface area contributed by atoms with Gasteiger partial charge in [-0.15, -0.1) is 0 Å². The van der Waals surface area contributed by atoms with Crippen molar-refractivity contribution in [3.05, 3.63) is 12.2 Å². The number of ether oxygens (including phenoxy) is 1. The molecule has 0 aromatic carbocycles. The number of hydrogen-bond donors (Lipinski definition) is 1. The van der Waals surface area contributed by atoms with Gasteiger partial charge in [0.25, 0.3) is 0 Å². The van der Waals surface area contributed by atoms with E-state index in [1.54, 1.807) is 0 Å². The third-order valence-corrected chi connectivity index (χ3v) is 8.05. The molecule has 0 unspecified atom stereocenters. The number of hydrogen-bond acceptors (Lipinski definition) is 4. The van der Waals surface area contributed by atoms with Gasteiger partial charge in [-0.05, 0) is 64.8 Å². The molecular formula is C22H35NO3. The SMILES string of the molecule is C[C@@H]1OC(=O)[C@H]2C[C@@]3(O)CCCC[C@@H]3[C@@H](/C=C/[C@H]3CCC[C@H](C)N3C)[C@@H]12. The lowest BCUT2D eigenvalue weighted by Crippen LogP contribution is -2.54. The highest BCUT2D eigenvalue weighted by atomic mass is 16.6. The molecule has 0 bridgehead atoms. The van der Waals surface area contributed by atoms with Crippen molar-refractivity contribution in [1.82, 2.24) is 4.90 Å². The maximum atomic E-state index is 12.4. The quantitative estimate of drug-likeness (QED) is 0.604. The lowest BCUT2D eigenvalue weighted by Gasteiger charge is -2.51. The van der Waals surface area contributed by atoms with Crippen molar-refractivity contribution in [3.8, 4) is 0 Å². The summed E-state index contributed by atoms with van der Waals surface area (Å²) in [5.74, 6) is 0.556. The highest BCUT2D eigenvalue weighted by Crippen LogP contribution is 2.55. The summed E-state index contributed by atoms with van der Waals surface area (Å²) in [4.78, 5) is 14.9. The number of fused-ring (bicyclic) bond motifs is 2. The molecule has 4 fully saturated rings. The van der Waals surface area contributed by atoms with Crippen LogP contribution < -0.4 is 0 Å². The van der Waals surface area contributed by atoms with Gasteiger partial charge in [-0.2, -0.15) is 0 Å². The maximum absolute atomic E-state index is 12.4.